The van der Waals surface area contributed by atoms with Crippen LogP contribution >= 0.6 is 0 Å². The normalized spacial score (nSPS) is 25.8. The maximum Gasteiger partial charge on any atom is 0.338 e. The van der Waals surface area contributed by atoms with Gasteiger partial charge in [-0.25, -0.2) is 4.79 Å². The summed E-state index contributed by atoms with van der Waals surface area (Å²) < 4.78 is 5.72. The molecule has 0 N–H and O–H groups in total. The predicted octanol–water partition coefficient (Wildman–Crippen LogP) is 4.01. The van der Waals surface area contributed by atoms with Crippen LogP contribution in [0.4, 0.5) is 0 Å². The smallest absolute Gasteiger partial charge is 0.338 e. The molecule has 2 atom stereocenters. The summed E-state index contributed by atoms with van der Waals surface area (Å²) >= 11 is 0. The Hall–Kier alpha value is -1.39. The molecule has 127 valence electrons. The first kappa shape index (κ1) is 18.0. The number of carbonyl (C=O) groups excluding carboxylic acids is 1. The Morgan fingerprint density at radius 2 is 1.52 bits per heavy atom. The molecular formula is C19H28NO3. The van der Waals surface area contributed by atoms with Gasteiger partial charge in [-0.2, -0.15) is 0 Å². The molecule has 2 unspecified atom stereocenters. The van der Waals surface area contributed by atoms with Crippen molar-refractivity contribution in [3.05, 3.63) is 35.4 Å². The molecule has 0 aromatic heterocycles. The van der Waals surface area contributed by atoms with Crippen molar-refractivity contribution in [3.8, 4) is 0 Å². The first-order chi connectivity index (χ1) is 10.8. The highest BCUT2D eigenvalue weighted by atomic mass is 16.5. The van der Waals surface area contributed by atoms with E-state index in [0.717, 1.165) is 5.56 Å². The molecule has 0 amide bonds. The summed E-state index contributed by atoms with van der Waals surface area (Å²) in [5.74, 6) is 0.198. The minimum absolute atomic E-state index is 0.0908. The van der Waals surface area contributed by atoms with Crippen LogP contribution in [0.5, 0.6) is 0 Å². The molecule has 4 heteroatoms. The number of hydrogen-bond donors (Lipinski definition) is 0. The Morgan fingerprint density at radius 1 is 1.04 bits per heavy atom. The Kier molecular flexibility index (Phi) is 5.82. The summed E-state index contributed by atoms with van der Waals surface area (Å²) in [5, 5.41) is 13.8. The molecule has 1 aliphatic rings. The topological polar surface area (TPSA) is 49.4 Å². The van der Waals surface area contributed by atoms with Crippen LogP contribution in [-0.4, -0.2) is 29.2 Å². The summed E-state index contributed by atoms with van der Waals surface area (Å²) in [6, 6.07) is 7.22. The van der Waals surface area contributed by atoms with Gasteiger partial charge in [0.25, 0.3) is 0 Å². The molecule has 0 spiro atoms. The number of carbonyl (C=O) groups is 1. The van der Waals surface area contributed by atoms with E-state index in [1.54, 1.807) is 12.1 Å². The predicted molar refractivity (Wildman–Crippen MR) is 89.4 cm³/mol. The van der Waals surface area contributed by atoms with Gasteiger partial charge in [-0.3, -0.25) is 0 Å². The number of hydrogen-bond acceptors (Lipinski definition) is 3. The molecule has 1 aliphatic heterocycles. The van der Waals surface area contributed by atoms with Crippen molar-refractivity contribution in [3.63, 3.8) is 0 Å². The molecule has 1 heterocycles. The number of esters is 1. The fraction of sp³-hybridized carbons (Fsp3) is 0.632. The van der Waals surface area contributed by atoms with Crippen molar-refractivity contribution in [1.29, 1.82) is 0 Å². The van der Waals surface area contributed by atoms with E-state index in [0.29, 0.717) is 18.4 Å². The number of nitrogens with zero attached hydrogens (tertiary/aromatic N) is 1. The number of piperidine rings is 1. The summed E-state index contributed by atoms with van der Waals surface area (Å²) in [4.78, 5) is 12.3. The van der Waals surface area contributed by atoms with Crippen LogP contribution in [0.25, 0.3) is 0 Å². The van der Waals surface area contributed by atoms with Crippen molar-refractivity contribution < 1.29 is 14.7 Å². The maximum atomic E-state index is 12.5. The summed E-state index contributed by atoms with van der Waals surface area (Å²) in [6.45, 7) is 10.2. The zero-order chi connectivity index (χ0) is 17.1. The lowest BCUT2D eigenvalue weighted by Gasteiger charge is -2.43. The van der Waals surface area contributed by atoms with Crippen LogP contribution in [-0.2, 0) is 9.94 Å². The van der Waals surface area contributed by atoms with Crippen LogP contribution in [0.15, 0.2) is 24.3 Å². The Balaban J connectivity index is 2.09. The third-order valence-electron chi connectivity index (χ3n) is 4.76. The number of aryl methyl sites for hydroxylation is 1. The van der Waals surface area contributed by atoms with E-state index in [1.165, 1.54) is 5.06 Å². The molecule has 1 fully saturated rings. The second-order valence-corrected chi connectivity index (χ2v) is 7.35. The van der Waals surface area contributed by atoms with Crippen LogP contribution < -0.4 is 0 Å². The Bertz CT molecular complexity index is 506. The van der Waals surface area contributed by atoms with Gasteiger partial charge in [-0.15, -0.1) is 10.3 Å². The highest BCUT2D eigenvalue weighted by Crippen LogP contribution is 2.32. The minimum atomic E-state index is -0.292. The van der Waals surface area contributed by atoms with Gasteiger partial charge in [0.1, 0.15) is 6.10 Å². The highest BCUT2D eigenvalue weighted by molar-refractivity contribution is 5.89. The molecule has 0 bridgehead atoms. The summed E-state index contributed by atoms with van der Waals surface area (Å²) in [6.07, 6.45) is 1.04. The minimum Gasteiger partial charge on any atom is -0.459 e. The van der Waals surface area contributed by atoms with Crippen LogP contribution in [0.2, 0.25) is 0 Å². The third-order valence-corrected chi connectivity index (χ3v) is 4.76. The van der Waals surface area contributed by atoms with Crippen molar-refractivity contribution in [2.75, 3.05) is 0 Å². The molecule has 1 aromatic rings. The van der Waals surface area contributed by atoms with E-state index >= 15 is 0 Å². The molecule has 1 aromatic carbocycles. The lowest BCUT2D eigenvalue weighted by atomic mass is 9.85. The standard InChI is InChI=1S/C19H28NO3/c1-12(2)17-10-16(11-18(13(3)4)20(17)22)23-19(21)15-8-6-14(5)7-9-15/h6-9,12-13,16-18H,10-11H2,1-5H3. The molecule has 4 nitrogen and oxygen atoms in total. The quantitative estimate of drug-likeness (QED) is 0.788. The zero-order valence-electron chi connectivity index (χ0n) is 14.8. The third kappa shape index (κ3) is 4.33. The van der Waals surface area contributed by atoms with Gasteiger partial charge in [0.2, 0.25) is 0 Å². The Morgan fingerprint density at radius 3 is 1.96 bits per heavy atom. The molecule has 2 rings (SSSR count). The lowest BCUT2D eigenvalue weighted by molar-refractivity contribution is -0.258. The summed E-state index contributed by atoms with van der Waals surface area (Å²) in [7, 11) is 0. The second-order valence-electron chi connectivity index (χ2n) is 7.35. The average molecular weight is 318 g/mol. The maximum absolute atomic E-state index is 12.5. The van der Waals surface area contributed by atoms with Crippen molar-refractivity contribution in [2.45, 2.75) is 65.6 Å². The number of hydroxylamine groups is 2. The monoisotopic (exact) mass is 318 g/mol. The second kappa shape index (κ2) is 7.45. The first-order valence-electron chi connectivity index (χ1n) is 8.52. The molecule has 0 saturated carbocycles. The number of benzene rings is 1. The van der Waals surface area contributed by atoms with Crippen molar-refractivity contribution in [2.24, 2.45) is 11.8 Å². The number of rotatable bonds is 4. The van der Waals surface area contributed by atoms with E-state index in [2.05, 4.69) is 27.7 Å². The van der Waals surface area contributed by atoms with E-state index in [4.69, 9.17) is 4.74 Å². The molecule has 0 aliphatic carbocycles. The highest BCUT2D eigenvalue weighted by Gasteiger charge is 2.40. The number of ether oxygens (including phenoxy) is 1. The van der Waals surface area contributed by atoms with Gasteiger partial charge in [-0.1, -0.05) is 45.4 Å². The average Bonchev–Trinajstić information content (AvgIpc) is 2.48. The van der Waals surface area contributed by atoms with E-state index < -0.39 is 0 Å². The van der Waals surface area contributed by atoms with Crippen molar-refractivity contribution in [1.82, 2.24) is 5.06 Å². The molecule has 1 saturated heterocycles. The van der Waals surface area contributed by atoms with Crippen LogP contribution in [0.3, 0.4) is 0 Å². The fourth-order valence-corrected chi connectivity index (χ4v) is 3.23. The van der Waals surface area contributed by atoms with E-state index in [9.17, 15) is 10.0 Å². The molecule has 1 radical (unpaired) electrons. The fourth-order valence-electron chi connectivity index (χ4n) is 3.23. The van der Waals surface area contributed by atoms with E-state index in [1.807, 2.05) is 19.1 Å². The van der Waals surface area contributed by atoms with Crippen LogP contribution in [0, 0.1) is 18.8 Å². The largest absolute Gasteiger partial charge is 0.459 e. The van der Waals surface area contributed by atoms with Gasteiger partial charge >= 0.3 is 5.97 Å². The summed E-state index contributed by atoms with van der Waals surface area (Å²) in [5.41, 5.74) is 1.68. The molecule has 23 heavy (non-hydrogen) atoms. The lowest BCUT2D eigenvalue weighted by Crippen LogP contribution is -2.53. The van der Waals surface area contributed by atoms with E-state index in [-0.39, 0.29) is 36.0 Å². The Labute approximate surface area is 139 Å². The van der Waals surface area contributed by atoms with Gasteiger partial charge in [0, 0.05) is 24.9 Å². The van der Waals surface area contributed by atoms with Crippen LogP contribution in [0.1, 0.15) is 56.5 Å². The first-order valence-corrected chi connectivity index (χ1v) is 8.52. The van der Waals surface area contributed by atoms with Gasteiger partial charge < -0.3 is 4.74 Å². The SMILES string of the molecule is Cc1ccc(C(=O)OC2CC(C(C)C)N([O])C(C(C)C)C2)cc1. The van der Waals surface area contributed by atoms with Gasteiger partial charge in [-0.05, 0) is 30.9 Å². The van der Waals surface area contributed by atoms with Crippen molar-refractivity contribution >= 4 is 5.97 Å². The zero-order valence-corrected chi connectivity index (χ0v) is 14.8. The van der Waals surface area contributed by atoms with Gasteiger partial charge in [0.15, 0.2) is 0 Å². The molecular weight excluding hydrogens is 290 g/mol. The van der Waals surface area contributed by atoms with Gasteiger partial charge in [0.05, 0.1) is 5.56 Å².